The van der Waals surface area contributed by atoms with E-state index < -0.39 is 18.3 Å². The second kappa shape index (κ2) is 10.2. The van der Waals surface area contributed by atoms with Crippen LogP contribution in [0.4, 0.5) is 5.95 Å². The van der Waals surface area contributed by atoms with Crippen molar-refractivity contribution < 1.29 is 23.6 Å². The zero-order chi connectivity index (χ0) is 25.2. The van der Waals surface area contributed by atoms with Crippen LogP contribution in [-0.2, 0) is 31.6 Å². The molecule has 35 heavy (non-hydrogen) atoms. The van der Waals surface area contributed by atoms with E-state index in [-0.39, 0.29) is 5.97 Å². The average molecular weight is 481 g/mol. The highest BCUT2D eigenvalue weighted by molar-refractivity contribution is 6.62. The van der Waals surface area contributed by atoms with Crippen LogP contribution < -0.4 is 10.4 Å². The van der Waals surface area contributed by atoms with Crippen molar-refractivity contribution in [3.05, 3.63) is 46.8 Å². The van der Waals surface area contributed by atoms with Gasteiger partial charge in [-0.25, -0.2) is 14.8 Å². The van der Waals surface area contributed by atoms with Crippen molar-refractivity contribution in [2.75, 3.05) is 38.3 Å². The van der Waals surface area contributed by atoms with E-state index in [9.17, 15) is 4.79 Å². The Kier molecular flexibility index (Phi) is 7.50. The summed E-state index contributed by atoms with van der Waals surface area (Å²) in [6.45, 7) is 13.2. The molecule has 2 aromatic rings. The molecule has 8 nitrogen and oxygen atoms in total. The highest BCUT2D eigenvalue weighted by atomic mass is 16.7. The highest BCUT2D eigenvalue weighted by Gasteiger charge is 2.52. The third-order valence-corrected chi connectivity index (χ3v) is 7.14. The standard InChI is InChI=1S/C26H36BN3O5/c1-18-16-21(29-24(28-18)30-12-14-33-15-13-30)9-7-8-19-10-11-20(23(31)32-6)17-22(19)27-34-25(2,3)26(4,5)35-27/h10-11,16-17H,7-9,12-15H2,1-6H3. The Bertz CT molecular complexity index is 1050. The third-order valence-electron chi connectivity index (χ3n) is 7.14. The van der Waals surface area contributed by atoms with Gasteiger partial charge < -0.3 is 23.7 Å². The summed E-state index contributed by atoms with van der Waals surface area (Å²) in [7, 11) is 0.841. The number of hydrogen-bond donors (Lipinski definition) is 0. The number of carbonyl (C=O) groups is 1. The molecule has 2 aliphatic heterocycles. The quantitative estimate of drug-likeness (QED) is 0.441. The first-order valence-electron chi connectivity index (χ1n) is 12.3. The van der Waals surface area contributed by atoms with Gasteiger partial charge in [-0.05, 0) is 83.1 Å². The predicted molar refractivity (Wildman–Crippen MR) is 135 cm³/mol. The number of morpholine rings is 1. The Labute approximate surface area is 208 Å². The fourth-order valence-electron chi connectivity index (χ4n) is 4.37. The summed E-state index contributed by atoms with van der Waals surface area (Å²) < 4.78 is 23.0. The number of nitrogens with zero attached hydrogens (tertiary/aromatic N) is 3. The van der Waals surface area contributed by atoms with E-state index in [4.69, 9.17) is 23.8 Å². The van der Waals surface area contributed by atoms with Crippen LogP contribution in [0.2, 0.25) is 0 Å². The van der Waals surface area contributed by atoms with Crippen LogP contribution >= 0.6 is 0 Å². The van der Waals surface area contributed by atoms with Crippen molar-refractivity contribution in [3.8, 4) is 0 Å². The lowest BCUT2D eigenvalue weighted by Gasteiger charge is -2.32. The Hall–Kier alpha value is -2.49. The number of rotatable bonds is 7. The summed E-state index contributed by atoms with van der Waals surface area (Å²) in [4.78, 5) is 23.8. The molecule has 2 saturated heterocycles. The largest absolute Gasteiger partial charge is 0.495 e. The van der Waals surface area contributed by atoms with E-state index in [1.54, 1.807) is 6.07 Å². The van der Waals surface area contributed by atoms with Crippen LogP contribution in [0.5, 0.6) is 0 Å². The average Bonchev–Trinajstić information content (AvgIpc) is 3.05. The topological polar surface area (TPSA) is 83.0 Å². The maximum Gasteiger partial charge on any atom is 0.495 e. The lowest BCUT2D eigenvalue weighted by Crippen LogP contribution is -2.41. The first kappa shape index (κ1) is 25.6. The van der Waals surface area contributed by atoms with Crippen molar-refractivity contribution in [2.24, 2.45) is 0 Å². The molecular formula is C26H36BN3O5. The molecular weight excluding hydrogens is 445 g/mol. The molecule has 3 heterocycles. The monoisotopic (exact) mass is 481 g/mol. The van der Waals surface area contributed by atoms with Crippen LogP contribution in [0.25, 0.3) is 0 Å². The number of aromatic nitrogens is 2. The van der Waals surface area contributed by atoms with E-state index in [1.165, 1.54) is 7.11 Å². The number of carbonyl (C=O) groups excluding carboxylic acids is 1. The molecule has 0 spiro atoms. The molecule has 0 radical (unpaired) electrons. The molecule has 2 fully saturated rings. The summed E-state index contributed by atoms with van der Waals surface area (Å²) >= 11 is 0. The van der Waals surface area contributed by atoms with Crippen molar-refractivity contribution in [2.45, 2.75) is 65.1 Å². The van der Waals surface area contributed by atoms with Crippen LogP contribution in [0, 0.1) is 6.92 Å². The van der Waals surface area contributed by atoms with Crippen LogP contribution in [0.15, 0.2) is 24.3 Å². The van der Waals surface area contributed by atoms with Crippen molar-refractivity contribution in [3.63, 3.8) is 0 Å². The summed E-state index contributed by atoms with van der Waals surface area (Å²) in [6, 6.07) is 7.69. The van der Waals surface area contributed by atoms with Gasteiger partial charge in [0.2, 0.25) is 5.95 Å². The number of methoxy groups -OCH3 is 1. The van der Waals surface area contributed by atoms with Gasteiger partial charge in [-0.3, -0.25) is 0 Å². The minimum atomic E-state index is -0.547. The number of anilines is 1. The van der Waals surface area contributed by atoms with E-state index in [2.05, 4.69) is 16.0 Å². The molecule has 4 rings (SSSR count). The number of hydrogen-bond acceptors (Lipinski definition) is 8. The van der Waals surface area contributed by atoms with Crippen LogP contribution in [0.1, 0.15) is 61.4 Å². The highest BCUT2D eigenvalue weighted by Crippen LogP contribution is 2.36. The molecule has 0 amide bonds. The van der Waals surface area contributed by atoms with E-state index in [1.807, 2.05) is 46.8 Å². The zero-order valence-electron chi connectivity index (χ0n) is 21.7. The molecule has 0 unspecified atom stereocenters. The van der Waals surface area contributed by atoms with E-state index >= 15 is 0 Å². The number of benzene rings is 1. The second-order valence-corrected chi connectivity index (χ2v) is 10.2. The number of ether oxygens (including phenoxy) is 2. The van der Waals surface area contributed by atoms with Gasteiger partial charge >= 0.3 is 13.1 Å². The van der Waals surface area contributed by atoms with Gasteiger partial charge in [-0.2, -0.15) is 0 Å². The van der Waals surface area contributed by atoms with Crippen molar-refractivity contribution >= 4 is 24.5 Å². The van der Waals surface area contributed by atoms with Crippen molar-refractivity contribution in [1.29, 1.82) is 0 Å². The van der Waals surface area contributed by atoms with Gasteiger partial charge in [0.25, 0.3) is 0 Å². The summed E-state index contributed by atoms with van der Waals surface area (Å²) in [5.41, 5.74) is 3.52. The molecule has 9 heteroatoms. The lowest BCUT2D eigenvalue weighted by atomic mass is 9.74. The Morgan fingerprint density at radius 3 is 2.40 bits per heavy atom. The van der Waals surface area contributed by atoms with Gasteiger partial charge in [-0.15, -0.1) is 0 Å². The Morgan fingerprint density at radius 2 is 1.74 bits per heavy atom. The SMILES string of the molecule is COC(=O)c1ccc(CCCc2cc(C)nc(N3CCOCC3)n2)c(B2OC(C)(C)C(C)(C)O2)c1. The summed E-state index contributed by atoms with van der Waals surface area (Å²) in [5.74, 6) is 0.407. The van der Waals surface area contributed by atoms with Crippen LogP contribution in [0.3, 0.4) is 0 Å². The minimum absolute atomic E-state index is 0.374. The molecule has 0 bridgehead atoms. The van der Waals surface area contributed by atoms with Crippen LogP contribution in [-0.4, -0.2) is 67.7 Å². The minimum Gasteiger partial charge on any atom is -0.465 e. The fourth-order valence-corrected chi connectivity index (χ4v) is 4.37. The Morgan fingerprint density at radius 1 is 1.06 bits per heavy atom. The predicted octanol–water partition coefficient (Wildman–Crippen LogP) is 2.88. The smallest absolute Gasteiger partial charge is 0.465 e. The molecule has 1 aromatic heterocycles. The van der Waals surface area contributed by atoms with Gasteiger partial charge in [0.1, 0.15) is 0 Å². The molecule has 188 valence electrons. The van der Waals surface area contributed by atoms with E-state index in [0.717, 1.165) is 60.7 Å². The Balaban J connectivity index is 1.51. The number of aryl methyl sites for hydroxylation is 3. The first-order chi connectivity index (χ1) is 16.6. The van der Waals surface area contributed by atoms with E-state index in [0.29, 0.717) is 18.8 Å². The van der Waals surface area contributed by atoms with Gasteiger partial charge in [0.15, 0.2) is 0 Å². The molecule has 1 aromatic carbocycles. The van der Waals surface area contributed by atoms with Gasteiger partial charge in [-0.1, -0.05) is 6.07 Å². The number of esters is 1. The first-order valence-corrected chi connectivity index (χ1v) is 12.3. The molecule has 0 atom stereocenters. The molecule has 2 aliphatic rings. The maximum absolute atomic E-state index is 12.2. The second-order valence-electron chi connectivity index (χ2n) is 10.2. The third kappa shape index (κ3) is 5.68. The molecule has 0 aliphatic carbocycles. The van der Waals surface area contributed by atoms with Gasteiger partial charge in [0, 0.05) is 24.5 Å². The zero-order valence-corrected chi connectivity index (χ0v) is 21.7. The fraction of sp³-hybridized carbons (Fsp3) is 0.577. The molecule has 0 N–H and O–H groups in total. The summed E-state index contributed by atoms with van der Waals surface area (Å²) in [6.07, 6.45) is 2.52. The normalized spacial score (nSPS) is 19.1. The maximum atomic E-state index is 12.2. The lowest BCUT2D eigenvalue weighted by molar-refractivity contribution is 0.00578. The van der Waals surface area contributed by atoms with Crippen molar-refractivity contribution in [1.82, 2.24) is 9.97 Å². The van der Waals surface area contributed by atoms with Gasteiger partial charge in [0.05, 0.1) is 37.1 Å². The molecule has 0 saturated carbocycles. The summed E-state index contributed by atoms with van der Waals surface area (Å²) in [5, 5.41) is 0.